The second-order valence-corrected chi connectivity index (χ2v) is 10.1. The van der Waals surface area contributed by atoms with E-state index in [1.807, 2.05) is 18.2 Å². The first-order chi connectivity index (χ1) is 16.2. The van der Waals surface area contributed by atoms with Gasteiger partial charge >= 0.3 is 5.97 Å². The van der Waals surface area contributed by atoms with Gasteiger partial charge in [-0.05, 0) is 17.5 Å². The summed E-state index contributed by atoms with van der Waals surface area (Å²) in [7, 11) is 1.43. The number of aromatic nitrogens is 1. The minimum Gasteiger partial charge on any atom is -0.465 e. The third-order valence-corrected chi connectivity index (χ3v) is 7.94. The van der Waals surface area contributed by atoms with Crippen LogP contribution in [0.15, 0.2) is 42.5 Å². The number of carbonyl (C=O) groups is 1. The summed E-state index contributed by atoms with van der Waals surface area (Å²) < 4.78 is 17.1. The van der Waals surface area contributed by atoms with Crippen molar-refractivity contribution >= 4 is 49.0 Å². The van der Waals surface area contributed by atoms with Crippen LogP contribution in [0.3, 0.4) is 0 Å². The number of benzene rings is 2. The normalized spacial score (nSPS) is 14.9. The van der Waals surface area contributed by atoms with Crippen molar-refractivity contribution in [2.24, 2.45) is 0 Å². The number of esters is 1. The van der Waals surface area contributed by atoms with Crippen molar-refractivity contribution in [3.05, 3.63) is 64.0 Å². The van der Waals surface area contributed by atoms with Crippen molar-refractivity contribution in [3.63, 3.8) is 0 Å². The number of ether oxygens (including phenoxy) is 3. The van der Waals surface area contributed by atoms with Crippen molar-refractivity contribution in [1.29, 1.82) is 0 Å². The summed E-state index contributed by atoms with van der Waals surface area (Å²) in [4.78, 5) is 21.0. The lowest BCUT2D eigenvalue weighted by Gasteiger charge is -2.27. The molecule has 33 heavy (non-hydrogen) atoms. The number of hydrogen-bond acceptors (Lipinski definition) is 9. The monoisotopic (exact) mass is 479 g/mol. The van der Waals surface area contributed by atoms with Crippen molar-refractivity contribution in [1.82, 2.24) is 9.88 Å². The highest BCUT2D eigenvalue weighted by molar-refractivity contribution is 7.23. The van der Waals surface area contributed by atoms with E-state index < -0.39 is 0 Å². The van der Waals surface area contributed by atoms with E-state index in [-0.39, 0.29) is 12.8 Å². The molecule has 2 aliphatic heterocycles. The molecule has 4 aromatic rings. The Bertz CT molecular complexity index is 1310. The molecular weight excluding hydrogens is 458 g/mol. The first kappa shape index (κ1) is 20.5. The Labute approximate surface area is 198 Å². The molecule has 0 saturated heterocycles. The van der Waals surface area contributed by atoms with E-state index in [4.69, 9.17) is 19.2 Å². The molecule has 4 heterocycles. The molecule has 0 unspecified atom stereocenters. The summed E-state index contributed by atoms with van der Waals surface area (Å²) in [5.74, 6) is 1.13. The predicted octanol–water partition coefficient (Wildman–Crippen LogP) is 5.18. The molecule has 168 valence electrons. The van der Waals surface area contributed by atoms with Gasteiger partial charge in [0.05, 0.1) is 22.9 Å². The van der Waals surface area contributed by atoms with Crippen LogP contribution in [0.2, 0.25) is 0 Å². The average Bonchev–Trinajstić information content (AvgIpc) is 3.53. The maximum atomic E-state index is 12.7. The number of anilines is 2. The van der Waals surface area contributed by atoms with Gasteiger partial charge in [-0.3, -0.25) is 4.90 Å². The topological polar surface area (TPSA) is 72.9 Å². The SMILES string of the molecule is COC(=O)c1c(Nc2nc3cc4c(cc3s2)OCO4)sc2c1CCN(Cc1ccccc1)C2. The van der Waals surface area contributed by atoms with Gasteiger partial charge in [0.15, 0.2) is 16.6 Å². The fourth-order valence-corrected chi connectivity index (χ4v) is 6.53. The molecule has 9 heteroatoms. The van der Waals surface area contributed by atoms with Gasteiger partial charge in [-0.15, -0.1) is 11.3 Å². The summed E-state index contributed by atoms with van der Waals surface area (Å²) in [6.45, 7) is 2.83. The van der Waals surface area contributed by atoms with Gasteiger partial charge < -0.3 is 19.5 Å². The van der Waals surface area contributed by atoms with E-state index >= 15 is 0 Å². The summed E-state index contributed by atoms with van der Waals surface area (Å²) in [6, 6.07) is 14.3. The second kappa shape index (κ2) is 8.33. The van der Waals surface area contributed by atoms with Crippen LogP contribution in [-0.4, -0.2) is 36.3 Å². The third kappa shape index (κ3) is 3.82. The molecule has 0 aliphatic carbocycles. The highest BCUT2D eigenvalue weighted by Gasteiger charge is 2.29. The number of nitrogens with zero attached hydrogens (tertiary/aromatic N) is 2. The average molecular weight is 480 g/mol. The maximum absolute atomic E-state index is 12.7. The van der Waals surface area contributed by atoms with Gasteiger partial charge in [-0.2, -0.15) is 0 Å². The lowest BCUT2D eigenvalue weighted by molar-refractivity contribution is 0.0600. The van der Waals surface area contributed by atoms with E-state index in [9.17, 15) is 4.79 Å². The number of carbonyl (C=O) groups excluding carboxylic acids is 1. The molecule has 0 amide bonds. The van der Waals surface area contributed by atoms with Crippen LogP contribution in [0.5, 0.6) is 11.5 Å². The van der Waals surface area contributed by atoms with E-state index in [1.165, 1.54) is 28.9 Å². The van der Waals surface area contributed by atoms with E-state index in [0.717, 1.165) is 57.7 Å². The molecule has 2 aromatic heterocycles. The fourth-order valence-electron chi connectivity index (χ4n) is 4.31. The summed E-state index contributed by atoms with van der Waals surface area (Å²) in [5, 5.41) is 4.90. The van der Waals surface area contributed by atoms with Crippen LogP contribution in [-0.2, 0) is 24.2 Å². The molecule has 7 nitrogen and oxygen atoms in total. The van der Waals surface area contributed by atoms with Crippen LogP contribution in [0.1, 0.15) is 26.4 Å². The number of rotatable bonds is 5. The standard InChI is InChI=1S/C24H21N3O4S2/c1-29-23(28)21-15-7-8-27(11-14-5-3-2-4-6-14)12-20(15)32-22(21)26-24-25-16-9-17-18(31-13-30-17)10-19(16)33-24/h2-6,9-10H,7-8,11-13H2,1H3,(H,25,26). The maximum Gasteiger partial charge on any atom is 0.341 e. The van der Waals surface area contributed by atoms with Crippen LogP contribution in [0, 0.1) is 0 Å². The molecular formula is C24H21N3O4S2. The molecule has 0 spiro atoms. The van der Waals surface area contributed by atoms with Gasteiger partial charge in [0.1, 0.15) is 5.00 Å². The van der Waals surface area contributed by atoms with Gasteiger partial charge in [0.2, 0.25) is 6.79 Å². The fraction of sp³-hybridized carbons (Fsp3) is 0.250. The molecule has 0 bridgehead atoms. The molecule has 0 saturated carbocycles. The number of thiazole rings is 1. The number of nitrogens with one attached hydrogen (secondary N) is 1. The first-order valence-electron chi connectivity index (χ1n) is 10.6. The number of methoxy groups -OCH3 is 1. The Morgan fingerprint density at radius 1 is 1.18 bits per heavy atom. The minimum absolute atomic E-state index is 0.238. The number of hydrogen-bond donors (Lipinski definition) is 1. The lowest BCUT2D eigenvalue weighted by atomic mass is 10.0. The molecule has 1 N–H and O–H groups in total. The first-order valence-corrected chi connectivity index (χ1v) is 12.3. The zero-order chi connectivity index (χ0) is 22.4. The minimum atomic E-state index is -0.312. The Balaban J connectivity index is 1.30. The van der Waals surface area contributed by atoms with E-state index in [1.54, 1.807) is 11.3 Å². The molecule has 0 atom stereocenters. The van der Waals surface area contributed by atoms with Crippen molar-refractivity contribution in [3.8, 4) is 11.5 Å². The smallest absolute Gasteiger partial charge is 0.341 e. The van der Waals surface area contributed by atoms with Gasteiger partial charge in [-0.25, -0.2) is 9.78 Å². The van der Waals surface area contributed by atoms with Crippen LogP contribution < -0.4 is 14.8 Å². The van der Waals surface area contributed by atoms with Crippen molar-refractivity contribution in [2.45, 2.75) is 19.5 Å². The van der Waals surface area contributed by atoms with Gasteiger partial charge in [0, 0.05) is 36.6 Å². The van der Waals surface area contributed by atoms with Crippen molar-refractivity contribution < 1.29 is 19.0 Å². The summed E-state index contributed by atoms with van der Waals surface area (Å²) >= 11 is 3.13. The van der Waals surface area contributed by atoms with Crippen molar-refractivity contribution in [2.75, 3.05) is 25.8 Å². The zero-order valence-corrected chi connectivity index (χ0v) is 19.6. The number of fused-ring (bicyclic) bond motifs is 3. The molecule has 2 aliphatic rings. The van der Waals surface area contributed by atoms with Crippen LogP contribution in [0.4, 0.5) is 10.1 Å². The molecule has 2 aromatic carbocycles. The largest absolute Gasteiger partial charge is 0.465 e. The Hall–Kier alpha value is -3.14. The predicted molar refractivity (Wildman–Crippen MR) is 129 cm³/mol. The van der Waals surface area contributed by atoms with Gasteiger partial charge in [-0.1, -0.05) is 41.7 Å². The quantitative estimate of drug-likeness (QED) is 0.396. The summed E-state index contributed by atoms with van der Waals surface area (Å²) in [6.07, 6.45) is 0.812. The third-order valence-electron chi connectivity index (χ3n) is 5.88. The Morgan fingerprint density at radius 2 is 2.00 bits per heavy atom. The van der Waals surface area contributed by atoms with Gasteiger partial charge in [0.25, 0.3) is 0 Å². The Kier molecular flexibility index (Phi) is 5.17. The second-order valence-electron chi connectivity index (χ2n) is 7.96. The zero-order valence-electron chi connectivity index (χ0n) is 17.9. The summed E-state index contributed by atoms with van der Waals surface area (Å²) in [5.41, 5.74) is 3.84. The van der Waals surface area contributed by atoms with E-state index in [0.29, 0.717) is 11.3 Å². The van der Waals surface area contributed by atoms with E-state index in [2.05, 4.69) is 34.5 Å². The number of thiophene rings is 1. The highest BCUT2D eigenvalue weighted by Crippen LogP contribution is 2.42. The lowest BCUT2D eigenvalue weighted by Crippen LogP contribution is -2.29. The van der Waals surface area contributed by atoms with Crippen LogP contribution in [0.25, 0.3) is 10.2 Å². The molecule has 0 radical (unpaired) electrons. The highest BCUT2D eigenvalue weighted by atomic mass is 32.1. The molecule has 0 fully saturated rings. The van der Waals surface area contributed by atoms with Crippen LogP contribution >= 0.6 is 22.7 Å². The Morgan fingerprint density at radius 3 is 2.82 bits per heavy atom. The molecule has 6 rings (SSSR count).